The summed E-state index contributed by atoms with van der Waals surface area (Å²) in [5.41, 5.74) is 2.86. The zero-order chi connectivity index (χ0) is 19.4. The summed E-state index contributed by atoms with van der Waals surface area (Å²) >= 11 is 0. The largest absolute Gasteiger partial charge is 0.494 e. The van der Waals surface area contributed by atoms with Gasteiger partial charge in [-0.05, 0) is 44.0 Å². The van der Waals surface area contributed by atoms with Crippen LogP contribution in [0.2, 0.25) is 0 Å². The molecule has 1 fully saturated rings. The molecule has 3 rings (SSSR count). The summed E-state index contributed by atoms with van der Waals surface area (Å²) in [6.45, 7) is 8.35. The summed E-state index contributed by atoms with van der Waals surface area (Å²) < 4.78 is 5.60. The van der Waals surface area contributed by atoms with Gasteiger partial charge in [0.25, 0.3) is 11.8 Å². The molecule has 0 spiro atoms. The van der Waals surface area contributed by atoms with Crippen LogP contribution < -0.4 is 4.74 Å². The molecule has 2 amide bonds. The minimum atomic E-state index is -0.150. The summed E-state index contributed by atoms with van der Waals surface area (Å²) in [6.07, 6.45) is 4.50. The zero-order valence-electron chi connectivity index (χ0n) is 15.9. The fourth-order valence-corrected chi connectivity index (χ4v) is 3.19. The van der Waals surface area contributed by atoms with E-state index < -0.39 is 0 Å². The van der Waals surface area contributed by atoms with Crippen molar-refractivity contribution in [2.75, 3.05) is 32.8 Å². The van der Waals surface area contributed by atoms with Crippen LogP contribution in [0.1, 0.15) is 38.9 Å². The molecule has 2 heterocycles. The molecule has 0 aliphatic carbocycles. The van der Waals surface area contributed by atoms with Gasteiger partial charge in [-0.3, -0.25) is 14.6 Å². The van der Waals surface area contributed by atoms with Crippen LogP contribution in [0.15, 0.2) is 30.7 Å². The Morgan fingerprint density at radius 1 is 1.00 bits per heavy atom. The Morgan fingerprint density at radius 3 is 2.26 bits per heavy atom. The number of piperazine rings is 1. The molecule has 2 aromatic rings. The lowest BCUT2D eigenvalue weighted by Crippen LogP contribution is -2.50. The standard InChI is InChI=1S/C20H24N4O3/c1-4-27-18-12-14(2)16(11-15(18)3)19(25)23-7-9-24(10-8-23)20(26)17-13-21-5-6-22-17/h5-6,11-13H,4,7-10H2,1-3H3. The molecule has 0 N–H and O–H groups in total. The summed E-state index contributed by atoms with van der Waals surface area (Å²) in [5, 5.41) is 0. The fourth-order valence-electron chi connectivity index (χ4n) is 3.19. The van der Waals surface area contributed by atoms with Crippen molar-refractivity contribution >= 4 is 11.8 Å². The van der Waals surface area contributed by atoms with Crippen molar-refractivity contribution < 1.29 is 14.3 Å². The van der Waals surface area contributed by atoms with Gasteiger partial charge in [-0.1, -0.05) is 0 Å². The second-order valence-corrected chi connectivity index (χ2v) is 6.54. The number of carbonyl (C=O) groups excluding carboxylic acids is 2. The van der Waals surface area contributed by atoms with Crippen LogP contribution in [0.5, 0.6) is 5.75 Å². The monoisotopic (exact) mass is 368 g/mol. The summed E-state index contributed by atoms with van der Waals surface area (Å²) in [5.74, 6) is 0.652. The molecule has 0 saturated carbocycles. The van der Waals surface area contributed by atoms with Crippen molar-refractivity contribution in [2.24, 2.45) is 0 Å². The Hall–Kier alpha value is -2.96. The van der Waals surface area contributed by atoms with Crippen LogP contribution in [0.4, 0.5) is 0 Å². The van der Waals surface area contributed by atoms with Crippen molar-refractivity contribution in [3.8, 4) is 5.75 Å². The second kappa shape index (κ2) is 8.16. The molecule has 1 saturated heterocycles. The van der Waals surface area contributed by atoms with Crippen LogP contribution in [0, 0.1) is 13.8 Å². The Bertz CT molecular complexity index is 831. The Morgan fingerprint density at radius 2 is 1.67 bits per heavy atom. The van der Waals surface area contributed by atoms with Gasteiger partial charge in [0.2, 0.25) is 0 Å². The van der Waals surface area contributed by atoms with Gasteiger partial charge in [-0.2, -0.15) is 0 Å². The SMILES string of the molecule is CCOc1cc(C)c(C(=O)N2CCN(C(=O)c3cnccn3)CC2)cc1C. The van der Waals surface area contributed by atoms with Crippen LogP contribution >= 0.6 is 0 Å². The molecule has 1 aromatic heterocycles. The Balaban J connectivity index is 1.67. The minimum absolute atomic E-state index is 0.00903. The topological polar surface area (TPSA) is 75.6 Å². The van der Waals surface area contributed by atoms with Gasteiger partial charge in [0.1, 0.15) is 11.4 Å². The quantitative estimate of drug-likeness (QED) is 0.826. The Labute approximate surface area is 159 Å². The zero-order valence-corrected chi connectivity index (χ0v) is 15.9. The molecule has 7 heteroatoms. The van der Waals surface area contributed by atoms with E-state index in [9.17, 15) is 9.59 Å². The van der Waals surface area contributed by atoms with Crippen LogP contribution in [0.25, 0.3) is 0 Å². The average molecular weight is 368 g/mol. The smallest absolute Gasteiger partial charge is 0.274 e. The van der Waals surface area contributed by atoms with Crippen molar-refractivity contribution in [3.63, 3.8) is 0 Å². The van der Waals surface area contributed by atoms with E-state index in [1.54, 1.807) is 9.80 Å². The van der Waals surface area contributed by atoms with E-state index in [-0.39, 0.29) is 11.8 Å². The summed E-state index contributed by atoms with van der Waals surface area (Å²) in [4.78, 5) is 36.9. The highest BCUT2D eigenvalue weighted by Crippen LogP contribution is 2.24. The van der Waals surface area contributed by atoms with E-state index in [4.69, 9.17) is 4.74 Å². The molecule has 1 aromatic carbocycles. The number of aryl methyl sites for hydroxylation is 2. The van der Waals surface area contributed by atoms with Gasteiger partial charge in [-0.25, -0.2) is 4.98 Å². The van der Waals surface area contributed by atoms with E-state index in [2.05, 4.69) is 9.97 Å². The first-order chi connectivity index (χ1) is 13.0. The van der Waals surface area contributed by atoms with Gasteiger partial charge in [0.15, 0.2) is 0 Å². The van der Waals surface area contributed by atoms with E-state index in [0.29, 0.717) is 44.0 Å². The first kappa shape index (κ1) is 18.8. The minimum Gasteiger partial charge on any atom is -0.494 e. The number of benzene rings is 1. The van der Waals surface area contributed by atoms with Crippen molar-refractivity contribution in [1.82, 2.24) is 19.8 Å². The molecule has 7 nitrogen and oxygen atoms in total. The second-order valence-electron chi connectivity index (χ2n) is 6.54. The van der Waals surface area contributed by atoms with E-state index in [1.807, 2.05) is 32.9 Å². The number of hydrogen-bond acceptors (Lipinski definition) is 5. The van der Waals surface area contributed by atoms with Gasteiger partial charge in [0.05, 0.1) is 12.8 Å². The highest BCUT2D eigenvalue weighted by atomic mass is 16.5. The maximum Gasteiger partial charge on any atom is 0.274 e. The normalized spacial score (nSPS) is 14.2. The van der Waals surface area contributed by atoms with Crippen LogP contribution in [-0.2, 0) is 0 Å². The van der Waals surface area contributed by atoms with Crippen LogP contribution in [0.3, 0.4) is 0 Å². The van der Waals surface area contributed by atoms with Gasteiger partial charge in [-0.15, -0.1) is 0 Å². The lowest BCUT2D eigenvalue weighted by Gasteiger charge is -2.35. The predicted molar refractivity (Wildman–Crippen MR) is 101 cm³/mol. The molecular weight excluding hydrogens is 344 g/mol. The van der Waals surface area contributed by atoms with Gasteiger partial charge >= 0.3 is 0 Å². The first-order valence-electron chi connectivity index (χ1n) is 9.10. The van der Waals surface area contributed by atoms with E-state index in [1.165, 1.54) is 18.6 Å². The highest BCUT2D eigenvalue weighted by molar-refractivity contribution is 5.96. The number of aromatic nitrogens is 2. The van der Waals surface area contributed by atoms with Crippen LogP contribution in [-0.4, -0.2) is 64.4 Å². The number of carbonyl (C=O) groups is 2. The summed E-state index contributed by atoms with van der Waals surface area (Å²) in [6, 6.07) is 3.81. The lowest BCUT2D eigenvalue weighted by molar-refractivity contribution is 0.0531. The van der Waals surface area contributed by atoms with E-state index >= 15 is 0 Å². The number of amides is 2. The first-order valence-corrected chi connectivity index (χ1v) is 9.10. The molecule has 27 heavy (non-hydrogen) atoms. The van der Waals surface area contributed by atoms with Gasteiger partial charge in [0, 0.05) is 44.1 Å². The molecule has 0 atom stereocenters. The molecule has 0 bridgehead atoms. The molecule has 0 radical (unpaired) electrons. The molecule has 0 unspecified atom stereocenters. The highest BCUT2D eigenvalue weighted by Gasteiger charge is 2.27. The van der Waals surface area contributed by atoms with Crippen molar-refractivity contribution in [2.45, 2.75) is 20.8 Å². The van der Waals surface area contributed by atoms with Crippen molar-refractivity contribution in [1.29, 1.82) is 0 Å². The predicted octanol–water partition coefficient (Wildman–Crippen LogP) is 2.09. The molecule has 142 valence electrons. The molecular formula is C20H24N4O3. The molecule has 1 aliphatic rings. The Kier molecular flexibility index (Phi) is 5.69. The molecule has 1 aliphatic heterocycles. The number of nitrogens with zero attached hydrogens (tertiary/aromatic N) is 4. The maximum absolute atomic E-state index is 12.9. The van der Waals surface area contributed by atoms with E-state index in [0.717, 1.165) is 16.9 Å². The maximum atomic E-state index is 12.9. The fraction of sp³-hybridized carbons (Fsp3) is 0.400. The third-order valence-electron chi connectivity index (χ3n) is 4.69. The number of hydrogen-bond donors (Lipinski definition) is 0. The number of rotatable bonds is 4. The lowest BCUT2D eigenvalue weighted by atomic mass is 10.0. The van der Waals surface area contributed by atoms with Gasteiger partial charge < -0.3 is 14.5 Å². The average Bonchev–Trinajstić information content (AvgIpc) is 2.70. The third kappa shape index (κ3) is 4.07. The summed E-state index contributed by atoms with van der Waals surface area (Å²) in [7, 11) is 0. The van der Waals surface area contributed by atoms with Crippen molar-refractivity contribution in [3.05, 3.63) is 53.1 Å². The third-order valence-corrected chi connectivity index (χ3v) is 4.69. The number of ether oxygens (including phenoxy) is 1.